The molecule has 0 aliphatic carbocycles. The Morgan fingerprint density at radius 3 is 3.12 bits per heavy atom. The van der Waals surface area contributed by atoms with Crippen LogP contribution in [0.2, 0.25) is 0 Å². The van der Waals surface area contributed by atoms with Crippen molar-refractivity contribution in [2.75, 3.05) is 6.61 Å². The average molecular weight is 252 g/mol. The Hall–Kier alpha value is -1.33. The topological polar surface area (TPSA) is 48.7 Å². The molecule has 1 aliphatic heterocycles. The molecule has 0 bridgehead atoms. The Bertz CT molecular complexity index is 565. The number of benzene rings is 1. The molecule has 0 N–H and O–H groups in total. The molecule has 1 aromatic heterocycles. The summed E-state index contributed by atoms with van der Waals surface area (Å²) < 4.78 is 17.0. The van der Waals surface area contributed by atoms with Gasteiger partial charge < -0.3 is 13.9 Å². The molecule has 2 heterocycles. The van der Waals surface area contributed by atoms with Crippen molar-refractivity contribution in [1.82, 2.24) is 0 Å². The molecule has 0 spiro atoms. The van der Waals surface area contributed by atoms with Crippen LogP contribution in [0.1, 0.15) is 19.3 Å². The van der Waals surface area contributed by atoms with Crippen LogP contribution in [-0.2, 0) is 4.74 Å². The van der Waals surface area contributed by atoms with Crippen LogP contribution in [0.15, 0.2) is 27.4 Å². The first-order valence-corrected chi connectivity index (χ1v) is 6.45. The van der Waals surface area contributed by atoms with E-state index in [1.807, 2.05) is 6.07 Å². The van der Waals surface area contributed by atoms with Crippen molar-refractivity contribution in [3.05, 3.63) is 27.9 Å². The Labute approximate surface area is 102 Å². The van der Waals surface area contributed by atoms with Gasteiger partial charge in [-0.05, 0) is 25.0 Å². The molecular weight excluding hydrogens is 240 g/mol. The third-order valence-corrected chi connectivity index (χ3v) is 3.50. The van der Waals surface area contributed by atoms with Gasteiger partial charge in [0.15, 0.2) is 6.29 Å². The third-order valence-electron chi connectivity index (χ3n) is 2.71. The molecule has 0 amide bonds. The summed E-state index contributed by atoms with van der Waals surface area (Å²) in [5.41, 5.74) is 0.608. The smallest absolute Gasteiger partial charge is 0.396 e. The van der Waals surface area contributed by atoms with Gasteiger partial charge in [-0.15, -0.1) is 0 Å². The van der Waals surface area contributed by atoms with Crippen LogP contribution in [0.3, 0.4) is 0 Å². The number of hydrogen-bond acceptors (Lipinski definition) is 5. The van der Waals surface area contributed by atoms with Gasteiger partial charge in [-0.1, -0.05) is 11.3 Å². The largest absolute Gasteiger partial charge is 0.465 e. The Kier molecular flexibility index (Phi) is 2.86. The molecule has 5 heteroatoms. The van der Waals surface area contributed by atoms with Crippen molar-refractivity contribution in [1.29, 1.82) is 0 Å². The van der Waals surface area contributed by atoms with Crippen LogP contribution in [0.25, 0.3) is 10.3 Å². The van der Waals surface area contributed by atoms with Crippen molar-refractivity contribution in [3.8, 4) is 5.75 Å². The van der Waals surface area contributed by atoms with E-state index in [1.54, 1.807) is 12.1 Å². The van der Waals surface area contributed by atoms with Crippen molar-refractivity contribution >= 4 is 21.6 Å². The van der Waals surface area contributed by atoms with Crippen molar-refractivity contribution in [2.45, 2.75) is 25.6 Å². The number of ether oxygens (including phenoxy) is 2. The molecule has 1 unspecified atom stereocenters. The molecule has 1 fully saturated rings. The normalized spacial score (nSPS) is 20.6. The van der Waals surface area contributed by atoms with Gasteiger partial charge in [-0.3, -0.25) is 0 Å². The fourth-order valence-electron chi connectivity index (χ4n) is 1.88. The number of rotatable bonds is 2. The predicted octanol–water partition coefficient (Wildman–Crippen LogP) is 2.76. The Morgan fingerprint density at radius 2 is 2.29 bits per heavy atom. The van der Waals surface area contributed by atoms with Crippen LogP contribution in [0, 0.1) is 0 Å². The maximum Gasteiger partial charge on any atom is 0.396 e. The minimum Gasteiger partial charge on any atom is -0.465 e. The van der Waals surface area contributed by atoms with E-state index in [-0.39, 0.29) is 11.2 Å². The first-order valence-electron chi connectivity index (χ1n) is 5.63. The van der Waals surface area contributed by atoms with Crippen LogP contribution < -0.4 is 9.68 Å². The zero-order chi connectivity index (χ0) is 11.7. The minimum absolute atomic E-state index is 0.162. The van der Waals surface area contributed by atoms with Gasteiger partial charge in [0.1, 0.15) is 11.3 Å². The van der Waals surface area contributed by atoms with E-state index >= 15 is 0 Å². The summed E-state index contributed by atoms with van der Waals surface area (Å²) in [6.45, 7) is 0.756. The van der Waals surface area contributed by atoms with E-state index in [0.717, 1.165) is 47.7 Å². The fraction of sp³-hybridized carbons (Fsp3) is 0.417. The SMILES string of the molecule is O=c1oc2ccc(OC3CCCCO3)cc2s1. The lowest BCUT2D eigenvalue weighted by atomic mass is 10.2. The monoisotopic (exact) mass is 252 g/mol. The van der Waals surface area contributed by atoms with Gasteiger partial charge in [-0.25, -0.2) is 4.79 Å². The van der Waals surface area contributed by atoms with Gasteiger partial charge in [0.05, 0.1) is 11.3 Å². The van der Waals surface area contributed by atoms with Gasteiger partial charge in [0.25, 0.3) is 0 Å². The maximum absolute atomic E-state index is 11.1. The van der Waals surface area contributed by atoms with Gasteiger partial charge in [0, 0.05) is 12.5 Å². The highest BCUT2D eigenvalue weighted by molar-refractivity contribution is 7.16. The summed E-state index contributed by atoms with van der Waals surface area (Å²) >= 11 is 1.09. The summed E-state index contributed by atoms with van der Waals surface area (Å²) in [6.07, 6.45) is 2.98. The Morgan fingerprint density at radius 1 is 1.35 bits per heavy atom. The van der Waals surface area contributed by atoms with Gasteiger partial charge in [-0.2, -0.15) is 0 Å². The van der Waals surface area contributed by atoms with Crippen LogP contribution in [0.4, 0.5) is 0 Å². The standard InChI is InChI=1S/C12H12O4S/c13-12-16-9-5-4-8(7-10(9)17-12)15-11-3-1-2-6-14-11/h4-5,7,11H,1-3,6H2. The molecule has 3 rings (SSSR count). The molecule has 2 aromatic rings. The van der Waals surface area contributed by atoms with E-state index in [0.29, 0.717) is 5.58 Å². The van der Waals surface area contributed by atoms with Crippen molar-refractivity contribution < 1.29 is 13.9 Å². The van der Waals surface area contributed by atoms with Gasteiger partial charge >= 0.3 is 4.94 Å². The van der Waals surface area contributed by atoms with Gasteiger partial charge in [0.2, 0.25) is 0 Å². The first kappa shape index (κ1) is 10.8. The quantitative estimate of drug-likeness (QED) is 0.824. The molecule has 4 nitrogen and oxygen atoms in total. The lowest BCUT2D eigenvalue weighted by Crippen LogP contribution is -2.24. The average Bonchev–Trinajstić information content (AvgIpc) is 2.70. The highest BCUT2D eigenvalue weighted by Gasteiger charge is 2.15. The van der Waals surface area contributed by atoms with Crippen LogP contribution in [-0.4, -0.2) is 12.9 Å². The second kappa shape index (κ2) is 4.50. The van der Waals surface area contributed by atoms with Crippen molar-refractivity contribution in [3.63, 3.8) is 0 Å². The molecule has 1 aliphatic rings. The summed E-state index contributed by atoms with van der Waals surface area (Å²) in [5.74, 6) is 0.724. The summed E-state index contributed by atoms with van der Waals surface area (Å²) in [4.78, 5) is 10.8. The fourth-order valence-corrected chi connectivity index (χ4v) is 2.58. The zero-order valence-electron chi connectivity index (χ0n) is 9.18. The minimum atomic E-state index is -0.286. The first-order chi connectivity index (χ1) is 8.31. The predicted molar refractivity (Wildman–Crippen MR) is 64.6 cm³/mol. The molecule has 1 saturated heterocycles. The lowest BCUT2D eigenvalue weighted by molar-refractivity contribution is -0.105. The lowest BCUT2D eigenvalue weighted by Gasteiger charge is -2.23. The third kappa shape index (κ3) is 2.35. The van der Waals surface area contributed by atoms with E-state index in [4.69, 9.17) is 13.9 Å². The van der Waals surface area contributed by atoms with E-state index in [1.165, 1.54) is 0 Å². The van der Waals surface area contributed by atoms with Crippen LogP contribution in [0.5, 0.6) is 5.75 Å². The zero-order valence-corrected chi connectivity index (χ0v) is 10.00. The molecule has 17 heavy (non-hydrogen) atoms. The molecule has 0 saturated carbocycles. The number of hydrogen-bond donors (Lipinski definition) is 0. The molecule has 1 atom stereocenters. The second-order valence-electron chi connectivity index (χ2n) is 3.98. The molecule has 90 valence electrons. The number of fused-ring (bicyclic) bond motifs is 1. The Balaban J connectivity index is 1.82. The van der Waals surface area contributed by atoms with E-state index < -0.39 is 0 Å². The highest BCUT2D eigenvalue weighted by Crippen LogP contribution is 2.25. The summed E-state index contributed by atoms with van der Waals surface area (Å²) in [5, 5.41) is 0. The molecule has 1 aromatic carbocycles. The summed E-state index contributed by atoms with van der Waals surface area (Å²) in [6, 6.07) is 5.38. The van der Waals surface area contributed by atoms with Crippen LogP contribution >= 0.6 is 11.3 Å². The van der Waals surface area contributed by atoms with Crippen molar-refractivity contribution in [2.24, 2.45) is 0 Å². The highest BCUT2D eigenvalue weighted by atomic mass is 32.1. The maximum atomic E-state index is 11.1. The second-order valence-corrected chi connectivity index (χ2v) is 4.95. The van der Waals surface area contributed by atoms with E-state index in [9.17, 15) is 4.79 Å². The summed E-state index contributed by atoms with van der Waals surface area (Å²) in [7, 11) is 0. The van der Waals surface area contributed by atoms with E-state index in [2.05, 4.69) is 0 Å². The molecule has 0 radical (unpaired) electrons. The molecular formula is C12H12O4S.